The smallest absolute Gasteiger partial charge is 0.248 e. The maximum Gasteiger partial charge on any atom is 0.248 e. The Morgan fingerprint density at radius 1 is 1.24 bits per heavy atom. The van der Waals surface area contributed by atoms with Gasteiger partial charge in [0.25, 0.3) is 0 Å². The molecule has 0 unspecified atom stereocenters. The highest BCUT2D eigenvalue weighted by atomic mass is 32.2. The van der Waals surface area contributed by atoms with Crippen molar-refractivity contribution >= 4 is 21.6 Å². The van der Waals surface area contributed by atoms with Crippen LogP contribution in [0.5, 0.6) is 0 Å². The number of carbonyl (C=O) groups excluding carboxylic acids is 1. The molecule has 110 valence electrons. The molecule has 0 spiro atoms. The lowest BCUT2D eigenvalue weighted by atomic mass is 10.1. The van der Waals surface area contributed by atoms with Crippen LogP contribution in [0.4, 0.5) is 5.69 Å². The third-order valence-electron chi connectivity index (χ3n) is 2.90. The van der Waals surface area contributed by atoms with Gasteiger partial charge in [0.15, 0.2) is 0 Å². The van der Waals surface area contributed by atoms with Gasteiger partial charge in [-0.2, -0.15) is 0 Å². The van der Waals surface area contributed by atoms with E-state index in [1.807, 2.05) is 0 Å². The minimum Gasteiger partial charge on any atom is -0.366 e. The summed E-state index contributed by atoms with van der Waals surface area (Å²) in [7, 11) is -3.44. The average molecular weight is 305 g/mol. The van der Waals surface area contributed by atoms with Gasteiger partial charge in [0.2, 0.25) is 15.9 Å². The number of amides is 1. The summed E-state index contributed by atoms with van der Waals surface area (Å²) in [5.41, 5.74) is 6.78. The first-order valence-electron chi connectivity index (χ1n) is 6.14. The van der Waals surface area contributed by atoms with Crippen molar-refractivity contribution in [3.8, 4) is 0 Å². The molecule has 21 heavy (non-hydrogen) atoms. The molecule has 7 heteroatoms. The molecule has 6 nitrogen and oxygen atoms in total. The molecule has 0 bridgehead atoms. The lowest BCUT2D eigenvalue weighted by Gasteiger charge is -2.22. The molecular formula is C14H15N3O3S. The Morgan fingerprint density at radius 3 is 2.38 bits per heavy atom. The molecule has 0 aliphatic heterocycles. The van der Waals surface area contributed by atoms with Gasteiger partial charge in [0, 0.05) is 11.8 Å². The zero-order valence-corrected chi connectivity index (χ0v) is 12.2. The van der Waals surface area contributed by atoms with E-state index in [9.17, 15) is 13.2 Å². The molecule has 2 N–H and O–H groups in total. The number of primary amides is 1. The third kappa shape index (κ3) is 3.79. The Morgan fingerprint density at radius 2 is 1.90 bits per heavy atom. The van der Waals surface area contributed by atoms with E-state index >= 15 is 0 Å². The maximum atomic E-state index is 11.9. The number of hydrogen-bond acceptors (Lipinski definition) is 4. The number of pyridine rings is 1. The molecule has 0 atom stereocenters. The fraction of sp³-hybridized carbons (Fsp3) is 0.143. The molecule has 0 saturated heterocycles. The van der Waals surface area contributed by atoms with Crippen LogP contribution in [0, 0.1) is 0 Å². The molecule has 1 amide bonds. The zero-order valence-electron chi connectivity index (χ0n) is 11.4. The van der Waals surface area contributed by atoms with E-state index in [0.717, 1.165) is 11.8 Å². The van der Waals surface area contributed by atoms with Crippen LogP contribution in [0.3, 0.4) is 0 Å². The van der Waals surface area contributed by atoms with Gasteiger partial charge in [0.05, 0.1) is 24.7 Å². The highest BCUT2D eigenvalue weighted by Gasteiger charge is 2.18. The molecule has 1 aromatic carbocycles. The van der Waals surface area contributed by atoms with Crippen LogP contribution < -0.4 is 10.0 Å². The van der Waals surface area contributed by atoms with Crippen LogP contribution in [0.15, 0.2) is 48.8 Å². The molecule has 2 aromatic rings. The lowest BCUT2D eigenvalue weighted by Crippen LogP contribution is -2.29. The van der Waals surface area contributed by atoms with Gasteiger partial charge < -0.3 is 5.73 Å². The van der Waals surface area contributed by atoms with Crippen LogP contribution in [0.2, 0.25) is 0 Å². The van der Waals surface area contributed by atoms with Gasteiger partial charge in [-0.15, -0.1) is 0 Å². The number of nitrogens with zero attached hydrogens (tertiary/aromatic N) is 2. The first-order chi connectivity index (χ1) is 9.88. The Kier molecular flexibility index (Phi) is 4.23. The van der Waals surface area contributed by atoms with Crippen molar-refractivity contribution in [3.63, 3.8) is 0 Å². The summed E-state index contributed by atoms with van der Waals surface area (Å²) in [6.45, 7) is 0.156. The zero-order chi connectivity index (χ0) is 15.5. The fourth-order valence-electron chi connectivity index (χ4n) is 1.84. The number of anilines is 1. The predicted octanol–water partition coefficient (Wildman–Crippen LogP) is 1.15. The first kappa shape index (κ1) is 15.0. The van der Waals surface area contributed by atoms with Gasteiger partial charge in [-0.3, -0.25) is 14.1 Å². The predicted molar refractivity (Wildman–Crippen MR) is 80.2 cm³/mol. The topological polar surface area (TPSA) is 93.4 Å². The van der Waals surface area contributed by atoms with Crippen molar-refractivity contribution in [2.75, 3.05) is 10.6 Å². The summed E-state index contributed by atoms with van der Waals surface area (Å²) < 4.78 is 25.1. The van der Waals surface area contributed by atoms with Crippen molar-refractivity contribution < 1.29 is 13.2 Å². The van der Waals surface area contributed by atoms with Crippen LogP contribution in [-0.2, 0) is 16.6 Å². The second-order valence-electron chi connectivity index (χ2n) is 4.54. The Labute approximate surface area is 123 Å². The summed E-state index contributed by atoms with van der Waals surface area (Å²) in [6, 6.07) is 9.83. The molecule has 0 aliphatic carbocycles. The number of rotatable bonds is 5. The van der Waals surface area contributed by atoms with Gasteiger partial charge in [-0.1, -0.05) is 12.1 Å². The molecule has 0 radical (unpaired) electrons. The van der Waals surface area contributed by atoms with E-state index in [1.165, 1.54) is 10.5 Å². The Bertz CT molecular complexity index is 728. The van der Waals surface area contributed by atoms with Crippen LogP contribution >= 0.6 is 0 Å². The second kappa shape index (κ2) is 5.92. The largest absolute Gasteiger partial charge is 0.366 e. The number of nitrogens with two attached hydrogens (primary N) is 1. The van der Waals surface area contributed by atoms with Crippen LogP contribution in [0.1, 0.15) is 15.9 Å². The van der Waals surface area contributed by atoms with E-state index in [2.05, 4.69) is 4.98 Å². The molecule has 1 aromatic heterocycles. The number of carbonyl (C=O) groups is 1. The van der Waals surface area contributed by atoms with Gasteiger partial charge in [-0.25, -0.2) is 8.42 Å². The number of hydrogen-bond donors (Lipinski definition) is 1. The molecule has 1 heterocycles. The summed E-state index contributed by atoms with van der Waals surface area (Å²) in [4.78, 5) is 15.0. The van der Waals surface area contributed by atoms with Gasteiger partial charge in [-0.05, 0) is 29.8 Å². The summed E-state index contributed by atoms with van der Waals surface area (Å²) in [6.07, 6.45) is 4.20. The molecule has 2 rings (SSSR count). The molecule has 0 aliphatic rings. The van der Waals surface area contributed by atoms with E-state index in [1.54, 1.807) is 42.6 Å². The number of benzene rings is 1. The summed E-state index contributed by atoms with van der Waals surface area (Å²) >= 11 is 0. The van der Waals surface area contributed by atoms with Crippen molar-refractivity contribution in [1.29, 1.82) is 0 Å². The fourth-order valence-corrected chi connectivity index (χ4v) is 2.72. The minimum absolute atomic E-state index is 0.156. The minimum atomic E-state index is -3.44. The molecule has 0 saturated carbocycles. The third-order valence-corrected chi connectivity index (χ3v) is 4.04. The van der Waals surface area contributed by atoms with Crippen LogP contribution in [-0.4, -0.2) is 25.6 Å². The van der Waals surface area contributed by atoms with E-state index in [0.29, 0.717) is 11.3 Å². The van der Waals surface area contributed by atoms with Crippen LogP contribution in [0.25, 0.3) is 0 Å². The van der Waals surface area contributed by atoms with Gasteiger partial charge >= 0.3 is 0 Å². The monoisotopic (exact) mass is 305 g/mol. The second-order valence-corrected chi connectivity index (χ2v) is 6.45. The highest BCUT2D eigenvalue weighted by molar-refractivity contribution is 7.92. The van der Waals surface area contributed by atoms with Gasteiger partial charge in [0.1, 0.15) is 0 Å². The van der Waals surface area contributed by atoms with E-state index in [4.69, 9.17) is 5.73 Å². The Balaban J connectivity index is 2.30. The standard InChI is InChI=1S/C14H15N3O3S/c1-21(19,20)17(13-3-2-8-16-9-13)10-11-4-6-12(7-5-11)14(15)18/h2-9H,10H2,1H3,(H2,15,18). The van der Waals surface area contributed by atoms with Crippen molar-refractivity contribution in [1.82, 2.24) is 4.98 Å². The SMILES string of the molecule is CS(=O)(=O)N(Cc1ccc(C(N)=O)cc1)c1cccnc1. The average Bonchev–Trinajstić information content (AvgIpc) is 2.45. The normalized spacial score (nSPS) is 11.1. The molecule has 0 fully saturated rings. The number of aromatic nitrogens is 1. The quantitative estimate of drug-likeness (QED) is 0.896. The van der Waals surface area contributed by atoms with Crippen molar-refractivity contribution in [2.24, 2.45) is 5.73 Å². The van der Waals surface area contributed by atoms with Crippen molar-refractivity contribution in [3.05, 3.63) is 59.9 Å². The maximum absolute atomic E-state index is 11.9. The van der Waals surface area contributed by atoms with E-state index in [-0.39, 0.29) is 6.54 Å². The summed E-state index contributed by atoms with van der Waals surface area (Å²) in [5.74, 6) is -0.520. The lowest BCUT2D eigenvalue weighted by molar-refractivity contribution is 0.100. The van der Waals surface area contributed by atoms with Crippen molar-refractivity contribution in [2.45, 2.75) is 6.54 Å². The van der Waals surface area contributed by atoms with E-state index < -0.39 is 15.9 Å². The molecular weight excluding hydrogens is 290 g/mol. The first-order valence-corrected chi connectivity index (χ1v) is 7.99. The summed E-state index contributed by atoms with van der Waals surface area (Å²) in [5, 5.41) is 0. The highest BCUT2D eigenvalue weighted by Crippen LogP contribution is 2.19. The Hall–Kier alpha value is -2.41. The number of sulfonamides is 1.